The van der Waals surface area contributed by atoms with Crippen molar-refractivity contribution < 1.29 is 13.2 Å². The van der Waals surface area contributed by atoms with Gasteiger partial charge in [-0.3, -0.25) is 4.79 Å². The fourth-order valence-electron chi connectivity index (χ4n) is 3.47. The number of carbonyl (C=O) groups excluding carboxylic acids is 1. The standard InChI is InChI=1S/C19H24N4O3S3/c1-21-7-9-23(10-8-21)29(25,26)16-2-3-18(20-12-16)28-14-19(24)22-6-4-17-15(13-22)5-11-27-17/h2-3,5,11-12H,4,6-10,13-14H2,1H3. The molecule has 2 aliphatic rings. The van der Waals surface area contributed by atoms with E-state index in [0.29, 0.717) is 30.4 Å². The number of sulfonamides is 1. The SMILES string of the molecule is CN1CCN(S(=O)(=O)c2ccc(SCC(=O)N3CCc4sccc4C3)nc2)CC1. The molecular weight excluding hydrogens is 428 g/mol. The number of piperazine rings is 1. The Hall–Kier alpha value is -1.46. The summed E-state index contributed by atoms with van der Waals surface area (Å²) in [5.41, 5.74) is 1.25. The van der Waals surface area contributed by atoms with Crippen LogP contribution in [-0.4, -0.2) is 78.9 Å². The van der Waals surface area contributed by atoms with E-state index in [1.807, 2.05) is 11.9 Å². The molecule has 10 heteroatoms. The van der Waals surface area contributed by atoms with Crippen molar-refractivity contribution in [3.8, 4) is 0 Å². The molecule has 0 saturated carbocycles. The second-order valence-electron chi connectivity index (χ2n) is 7.26. The molecule has 0 N–H and O–H groups in total. The lowest BCUT2D eigenvalue weighted by molar-refractivity contribution is -0.129. The number of nitrogens with zero attached hydrogens (tertiary/aromatic N) is 4. The first-order valence-electron chi connectivity index (χ1n) is 9.54. The van der Waals surface area contributed by atoms with E-state index < -0.39 is 10.0 Å². The van der Waals surface area contributed by atoms with Gasteiger partial charge in [-0.25, -0.2) is 13.4 Å². The normalized spacial score (nSPS) is 18.6. The number of pyridine rings is 1. The van der Waals surface area contributed by atoms with E-state index in [1.54, 1.807) is 23.5 Å². The second-order valence-corrected chi connectivity index (χ2v) is 11.2. The first-order valence-corrected chi connectivity index (χ1v) is 12.8. The van der Waals surface area contributed by atoms with Crippen LogP contribution in [0.1, 0.15) is 10.4 Å². The molecule has 0 atom stereocenters. The van der Waals surface area contributed by atoms with Gasteiger partial charge in [-0.05, 0) is 42.6 Å². The van der Waals surface area contributed by atoms with Crippen molar-refractivity contribution in [3.63, 3.8) is 0 Å². The van der Waals surface area contributed by atoms with Gasteiger partial charge in [-0.2, -0.15) is 4.31 Å². The number of hydrogen-bond acceptors (Lipinski definition) is 7. The average Bonchev–Trinajstić information content (AvgIpc) is 3.20. The maximum Gasteiger partial charge on any atom is 0.244 e. The van der Waals surface area contributed by atoms with Crippen molar-refractivity contribution in [1.82, 2.24) is 19.1 Å². The zero-order valence-corrected chi connectivity index (χ0v) is 18.7. The number of thiophene rings is 1. The highest BCUT2D eigenvalue weighted by atomic mass is 32.2. The summed E-state index contributed by atoms with van der Waals surface area (Å²) in [6.07, 6.45) is 2.32. The van der Waals surface area contributed by atoms with Crippen molar-refractivity contribution in [3.05, 3.63) is 40.2 Å². The molecule has 7 nitrogen and oxygen atoms in total. The smallest absolute Gasteiger partial charge is 0.244 e. The molecule has 0 aliphatic carbocycles. The highest BCUT2D eigenvalue weighted by Gasteiger charge is 2.28. The van der Waals surface area contributed by atoms with E-state index in [9.17, 15) is 13.2 Å². The summed E-state index contributed by atoms with van der Waals surface area (Å²) in [5, 5.41) is 2.73. The summed E-state index contributed by atoms with van der Waals surface area (Å²) >= 11 is 3.10. The van der Waals surface area contributed by atoms with Gasteiger partial charge in [-0.1, -0.05) is 11.8 Å². The summed E-state index contributed by atoms with van der Waals surface area (Å²) < 4.78 is 27.0. The molecule has 0 bridgehead atoms. The van der Waals surface area contributed by atoms with Crippen LogP contribution in [0.4, 0.5) is 0 Å². The molecule has 2 aromatic rings. The van der Waals surface area contributed by atoms with Crippen LogP contribution in [0.15, 0.2) is 39.7 Å². The Bertz CT molecular complexity index is 967. The number of likely N-dealkylation sites (N-methyl/N-ethyl adjacent to an activating group) is 1. The lowest BCUT2D eigenvalue weighted by Crippen LogP contribution is -2.47. The summed E-state index contributed by atoms with van der Waals surface area (Å²) in [4.78, 5) is 22.4. The van der Waals surface area contributed by atoms with Crippen LogP contribution in [0.2, 0.25) is 0 Å². The van der Waals surface area contributed by atoms with E-state index in [0.717, 1.165) is 26.1 Å². The zero-order chi connectivity index (χ0) is 20.4. The molecule has 2 aromatic heterocycles. The van der Waals surface area contributed by atoms with Gasteiger partial charge in [0.2, 0.25) is 15.9 Å². The van der Waals surface area contributed by atoms with Crippen molar-refractivity contribution in [2.24, 2.45) is 0 Å². The number of aromatic nitrogens is 1. The Morgan fingerprint density at radius 2 is 1.97 bits per heavy atom. The minimum atomic E-state index is -3.51. The molecule has 1 amide bonds. The fourth-order valence-corrected chi connectivity index (χ4v) is 6.47. The van der Waals surface area contributed by atoms with Crippen molar-refractivity contribution >= 4 is 39.0 Å². The van der Waals surface area contributed by atoms with Crippen molar-refractivity contribution in [2.75, 3.05) is 45.5 Å². The molecule has 0 radical (unpaired) electrons. The minimum Gasteiger partial charge on any atom is -0.337 e. The van der Waals surface area contributed by atoms with Gasteiger partial charge in [0.25, 0.3) is 0 Å². The van der Waals surface area contributed by atoms with Gasteiger partial charge >= 0.3 is 0 Å². The zero-order valence-electron chi connectivity index (χ0n) is 16.3. The van der Waals surface area contributed by atoms with Gasteiger partial charge in [0, 0.05) is 50.3 Å². The number of rotatable bonds is 5. The molecule has 0 spiro atoms. The summed E-state index contributed by atoms with van der Waals surface area (Å²) in [5.74, 6) is 0.389. The molecular formula is C19H24N4O3S3. The summed E-state index contributed by atoms with van der Waals surface area (Å²) in [6.45, 7) is 3.87. The van der Waals surface area contributed by atoms with E-state index in [1.165, 1.54) is 32.7 Å². The topological polar surface area (TPSA) is 73.8 Å². The monoisotopic (exact) mass is 452 g/mol. The predicted molar refractivity (Wildman–Crippen MR) is 115 cm³/mol. The first kappa shape index (κ1) is 20.8. The van der Waals surface area contributed by atoms with Crippen molar-refractivity contribution in [2.45, 2.75) is 22.9 Å². The highest BCUT2D eigenvalue weighted by molar-refractivity contribution is 7.99. The van der Waals surface area contributed by atoms with Gasteiger partial charge in [0.05, 0.1) is 10.8 Å². The average molecular weight is 453 g/mol. The third kappa shape index (κ3) is 4.66. The molecule has 0 aromatic carbocycles. The maximum absolute atomic E-state index is 12.8. The third-order valence-corrected chi connectivity index (χ3v) is 9.15. The Morgan fingerprint density at radius 1 is 1.17 bits per heavy atom. The largest absolute Gasteiger partial charge is 0.337 e. The Kier molecular flexibility index (Phi) is 6.26. The van der Waals surface area contributed by atoms with Gasteiger partial charge in [0.15, 0.2) is 0 Å². The molecule has 4 heterocycles. The minimum absolute atomic E-state index is 0.0859. The van der Waals surface area contributed by atoms with Crippen LogP contribution in [-0.2, 0) is 27.8 Å². The van der Waals surface area contributed by atoms with Crippen LogP contribution in [0.25, 0.3) is 0 Å². The third-order valence-electron chi connectivity index (χ3n) is 5.31. The molecule has 156 valence electrons. The van der Waals surface area contributed by atoms with Crippen LogP contribution >= 0.6 is 23.1 Å². The quantitative estimate of drug-likeness (QED) is 0.644. The van der Waals surface area contributed by atoms with Gasteiger partial charge in [-0.15, -0.1) is 11.3 Å². The summed E-state index contributed by atoms with van der Waals surface area (Å²) in [6, 6.07) is 5.37. The fraction of sp³-hybridized carbons (Fsp3) is 0.474. The molecule has 4 rings (SSSR count). The van der Waals surface area contributed by atoms with Crippen LogP contribution < -0.4 is 0 Å². The van der Waals surface area contributed by atoms with E-state index in [2.05, 4.69) is 21.3 Å². The first-order chi connectivity index (χ1) is 13.9. The number of amides is 1. The van der Waals surface area contributed by atoms with Crippen LogP contribution in [0.3, 0.4) is 0 Å². The second kappa shape index (κ2) is 8.73. The van der Waals surface area contributed by atoms with E-state index in [-0.39, 0.29) is 10.8 Å². The predicted octanol–water partition coefficient (Wildman–Crippen LogP) is 1.76. The maximum atomic E-state index is 12.8. The Morgan fingerprint density at radius 3 is 2.69 bits per heavy atom. The lowest BCUT2D eigenvalue weighted by atomic mass is 10.1. The van der Waals surface area contributed by atoms with Crippen LogP contribution in [0, 0.1) is 0 Å². The Balaban J connectivity index is 1.33. The Labute approximate surface area is 179 Å². The number of fused-ring (bicyclic) bond motifs is 1. The van der Waals surface area contributed by atoms with Gasteiger partial charge < -0.3 is 9.80 Å². The molecule has 0 unspecified atom stereocenters. The number of carbonyl (C=O) groups is 1. The molecule has 29 heavy (non-hydrogen) atoms. The number of thioether (sulfide) groups is 1. The highest BCUT2D eigenvalue weighted by Crippen LogP contribution is 2.25. The molecule has 1 saturated heterocycles. The summed E-state index contributed by atoms with van der Waals surface area (Å²) in [7, 11) is -1.52. The van der Waals surface area contributed by atoms with E-state index >= 15 is 0 Å². The lowest BCUT2D eigenvalue weighted by Gasteiger charge is -2.31. The number of hydrogen-bond donors (Lipinski definition) is 0. The van der Waals surface area contributed by atoms with Crippen molar-refractivity contribution in [1.29, 1.82) is 0 Å². The van der Waals surface area contributed by atoms with Crippen LogP contribution in [0.5, 0.6) is 0 Å². The van der Waals surface area contributed by atoms with E-state index in [4.69, 9.17) is 0 Å². The van der Waals surface area contributed by atoms with Gasteiger partial charge in [0.1, 0.15) is 4.90 Å². The molecule has 1 fully saturated rings. The molecule has 2 aliphatic heterocycles.